The molecule has 3 nitrogen and oxygen atoms in total. The normalized spacial score (nSPS) is 34.2. The van der Waals surface area contributed by atoms with Crippen LogP contribution >= 0.6 is 0 Å². The molecule has 0 bridgehead atoms. The molecule has 13 heavy (non-hydrogen) atoms. The molecule has 0 aliphatic carbocycles. The summed E-state index contributed by atoms with van der Waals surface area (Å²) in [5.74, 6) is -0.302. The molecule has 2 aliphatic rings. The van der Waals surface area contributed by atoms with Crippen LogP contribution in [0.25, 0.3) is 0 Å². The molecule has 76 valence electrons. The standard InChI is InChI=1S/C10H19NO2/c1-10(12-6-7-13-10)8-9-4-3-5-11(9)2/h9H,3-8H2,1-2H3/i1+1,10+1. The number of rotatable bonds is 2. The number of hydrogen-bond acceptors (Lipinski definition) is 3. The van der Waals surface area contributed by atoms with Crippen molar-refractivity contribution in [3.8, 4) is 0 Å². The maximum absolute atomic E-state index is 5.60. The summed E-state index contributed by atoms with van der Waals surface area (Å²) < 4.78 is 11.2. The molecule has 2 rings (SSSR count). The van der Waals surface area contributed by atoms with Crippen molar-refractivity contribution in [1.29, 1.82) is 0 Å². The fraction of sp³-hybridized carbons (Fsp3) is 1.00. The second kappa shape index (κ2) is 3.56. The van der Waals surface area contributed by atoms with Crippen LogP contribution in [0.1, 0.15) is 26.2 Å². The first-order chi connectivity index (χ1) is 6.20. The third kappa shape index (κ3) is 2.03. The third-order valence-electron chi connectivity index (χ3n) is 3.18. The summed E-state index contributed by atoms with van der Waals surface area (Å²) >= 11 is 0. The highest BCUT2D eigenvalue weighted by atomic mass is 16.9. The summed E-state index contributed by atoms with van der Waals surface area (Å²) in [6, 6.07) is 0.656. The number of ether oxygens (including phenoxy) is 2. The highest BCUT2D eigenvalue weighted by Gasteiger charge is 2.36. The van der Waals surface area contributed by atoms with E-state index in [1.54, 1.807) is 0 Å². The van der Waals surface area contributed by atoms with Gasteiger partial charge in [0.1, 0.15) is 0 Å². The zero-order valence-electron chi connectivity index (χ0n) is 8.58. The van der Waals surface area contributed by atoms with E-state index in [0.717, 1.165) is 19.6 Å². The van der Waals surface area contributed by atoms with Gasteiger partial charge in [0.15, 0.2) is 5.79 Å². The van der Waals surface area contributed by atoms with Gasteiger partial charge in [0.2, 0.25) is 0 Å². The molecule has 0 aromatic rings. The van der Waals surface area contributed by atoms with Crippen molar-refractivity contribution in [3.63, 3.8) is 0 Å². The largest absolute Gasteiger partial charge is 0.348 e. The highest BCUT2D eigenvalue weighted by molar-refractivity contribution is 4.82. The van der Waals surface area contributed by atoms with E-state index in [2.05, 4.69) is 18.9 Å². The van der Waals surface area contributed by atoms with Crippen LogP contribution in [0.5, 0.6) is 0 Å². The van der Waals surface area contributed by atoms with E-state index in [9.17, 15) is 0 Å². The zero-order valence-corrected chi connectivity index (χ0v) is 8.58. The molecule has 0 spiro atoms. The van der Waals surface area contributed by atoms with Crippen LogP contribution < -0.4 is 0 Å². The van der Waals surface area contributed by atoms with Crippen LogP contribution in [0.3, 0.4) is 0 Å². The molecule has 2 aliphatic heterocycles. The minimum Gasteiger partial charge on any atom is -0.348 e. The molecule has 0 aromatic heterocycles. The Hall–Kier alpha value is -0.120. The summed E-state index contributed by atoms with van der Waals surface area (Å²) in [5, 5.41) is 0. The number of hydrogen-bond donors (Lipinski definition) is 0. The molecule has 3 heteroatoms. The third-order valence-corrected chi connectivity index (χ3v) is 3.18. The van der Waals surface area contributed by atoms with Crippen molar-refractivity contribution in [2.75, 3.05) is 26.8 Å². The van der Waals surface area contributed by atoms with Crippen LogP contribution in [0.4, 0.5) is 0 Å². The molecule has 0 amide bonds. The summed E-state index contributed by atoms with van der Waals surface area (Å²) in [7, 11) is 2.19. The molecule has 0 radical (unpaired) electrons. The van der Waals surface area contributed by atoms with E-state index in [0.29, 0.717) is 6.04 Å². The van der Waals surface area contributed by atoms with E-state index >= 15 is 0 Å². The molecular weight excluding hydrogens is 168 g/mol. The molecule has 2 saturated heterocycles. The van der Waals surface area contributed by atoms with E-state index in [1.165, 1.54) is 19.4 Å². The van der Waals surface area contributed by atoms with Gasteiger partial charge in [-0.25, -0.2) is 0 Å². The van der Waals surface area contributed by atoms with E-state index in [1.807, 2.05) is 0 Å². The Labute approximate surface area is 80.0 Å². The van der Waals surface area contributed by atoms with Crippen molar-refractivity contribution in [2.24, 2.45) is 0 Å². The van der Waals surface area contributed by atoms with Gasteiger partial charge in [0.25, 0.3) is 0 Å². The first-order valence-corrected chi connectivity index (χ1v) is 5.18. The lowest BCUT2D eigenvalue weighted by Gasteiger charge is -2.29. The summed E-state index contributed by atoms with van der Waals surface area (Å²) in [6.07, 6.45) is 3.62. The van der Waals surface area contributed by atoms with Gasteiger partial charge in [-0.3, -0.25) is 0 Å². The predicted octanol–water partition coefficient (Wildman–Crippen LogP) is 1.23. The average molecular weight is 187 g/mol. The second-order valence-corrected chi connectivity index (χ2v) is 4.31. The zero-order chi connectivity index (χ0) is 9.31. The Bertz CT molecular complexity index is 178. The van der Waals surface area contributed by atoms with Crippen LogP contribution in [0.2, 0.25) is 0 Å². The Morgan fingerprint density at radius 1 is 1.38 bits per heavy atom. The minimum atomic E-state index is -0.302. The van der Waals surface area contributed by atoms with E-state index in [4.69, 9.17) is 9.47 Å². The summed E-state index contributed by atoms with van der Waals surface area (Å²) in [5.41, 5.74) is 0. The van der Waals surface area contributed by atoms with Gasteiger partial charge >= 0.3 is 0 Å². The topological polar surface area (TPSA) is 21.7 Å². The summed E-state index contributed by atoms with van der Waals surface area (Å²) in [4.78, 5) is 2.41. The van der Waals surface area contributed by atoms with Gasteiger partial charge in [0.05, 0.1) is 13.2 Å². The Balaban J connectivity index is 1.88. The molecule has 0 N–H and O–H groups in total. The van der Waals surface area contributed by atoms with Crippen LogP contribution in [0, 0.1) is 0 Å². The molecular formula is C10H19NO2. The van der Waals surface area contributed by atoms with Crippen molar-refractivity contribution in [2.45, 2.75) is 38.0 Å². The van der Waals surface area contributed by atoms with E-state index < -0.39 is 0 Å². The van der Waals surface area contributed by atoms with Gasteiger partial charge in [-0.05, 0) is 33.4 Å². The molecule has 2 heterocycles. The van der Waals surface area contributed by atoms with E-state index in [-0.39, 0.29) is 5.79 Å². The summed E-state index contributed by atoms with van der Waals surface area (Å²) in [6.45, 7) is 4.80. The fourth-order valence-corrected chi connectivity index (χ4v) is 2.34. The first kappa shape index (κ1) is 9.44. The fourth-order valence-electron chi connectivity index (χ4n) is 2.34. The van der Waals surface area contributed by atoms with Crippen molar-refractivity contribution in [3.05, 3.63) is 0 Å². The van der Waals surface area contributed by atoms with Crippen molar-refractivity contribution < 1.29 is 9.47 Å². The maximum Gasteiger partial charge on any atom is 0.167 e. The monoisotopic (exact) mass is 187 g/mol. The Kier molecular flexibility index (Phi) is 2.58. The first-order valence-electron chi connectivity index (χ1n) is 5.18. The average Bonchev–Trinajstić information content (AvgIpc) is 2.64. The van der Waals surface area contributed by atoms with Crippen molar-refractivity contribution in [1.82, 2.24) is 4.90 Å². The van der Waals surface area contributed by atoms with Crippen molar-refractivity contribution >= 4 is 0 Å². The predicted molar refractivity (Wildman–Crippen MR) is 50.6 cm³/mol. The Morgan fingerprint density at radius 3 is 2.62 bits per heavy atom. The lowest BCUT2D eigenvalue weighted by Crippen LogP contribution is -2.36. The molecule has 1 atom stereocenters. The minimum absolute atomic E-state index is 0.302. The van der Waals surface area contributed by atoms with Gasteiger partial charge in [-0.2, -0.15) is 0 Å². The molecule has 0 aromatic carbocycles. The smallest absolute Gasteiger partial charge is 0.167 e. The molecule has 0 saturated carbocycles. The lowest BCUT2D eigenvalue weighted by atomic mass is 10.2. The van der Waals surface area contributed by atoms with Gasteiger partial charge in [-0.1, -0.05) is 0 Å². The number of nitrogens with zero attached hydrogens (tertiary/aromatic N) is 1. The quantitative estimate of drug-likeness (QED) is 0.607. The molecule has 2 fully saturated rings. The lowest BCUT2D eigenvalue weighted by molar-refractivity contribution is -0.154. The van der Waals surface area contributed by atoms with Crippen LogP contribution in [0.15, 0.2) is 0 Å². The van der Waals surface area contributed by atoms with Gasteiger partial charge in [0, 0.05) is 12.5 Å². The number of likely N-dealkylation sites (tertiary alicyclic amines) is 1. The highest BCUT2D eigenvalue weighted by Crippen LogP contribution is 2.29. The van der Waals surface area contributed by atoms with Gasteiger partial charge < -0.3 is 14.4 Å². The second-order valence-electron chi connectivity index (χ2n) is 4.31. The maximum atomic E-state index is 5.60. The van der Waals surface area contributed by atoms with Gasteiger partial charge in [-0.15, -0.1) is 0 Å². The van der Waals surface area contributed by atoms with Crippen LogP contribution in [-0.4, -0.2) is 43.5 Å². The Morgan fingerprint density at radius 2 is 2.08 bits per heavy atom. The van der Waals surface area contributed by atoms with Crippen LogP contribution in [-0.2, 0) is 9.47 Å². The molecule has 1 unspecified atom stereocenters. The SMILES string of the molecule is CN1CCCC1C[13C]1([13CH3])OCCO1.